The predicted molar refractivity (Wildman–Crippen MR) is 134 cm³/mol. The summed E-state index contributed by atoms with van der Waals surface area (Å²) in [6, 6.07) is 16.2. The largest absolute Gasteiger partial charge is 0.496 e. The van der Waals surface area contributed by atoms with E-state index in [-0.39, 0.29) is 11.4 Å². The molecule has 1 fully saturated rings. The third kappa shape index (κ3) is 4.39. The summed E-state index contributed by atoms with van der Waals surface area (Å²) in [5, 5.41) is 4.46. The lowest BCUT2D eigenvalue weighted by Crippen LogP contribution is -2.29. The summed E-state index contributed by atoms with van der Waals surface area (Å²) < 4.78 is 19.5. The van der Waals surface area contributed by atoms with Crippen molar-refractivity contribution >= 4 is 22.3 Å². The highest BCUT2D eigenvalue weighted by Crippen LogP contribution is 2.34. The number of halogens is 1. The van der Waals surface area contributed by atoms with Gasteiger partial charge >= 0.3 is 0 Å². The van der Waals surface area contributed by atoms with E-state index in [9.17, 15) is 9.18 Å². The van der Waals surface area contributed by atoms with Crippen LogP contribution in [-0.2, 0) is 0 Å². The van der Waals surface area contributed by atoms with Gasteiger partial charge in [-0.05, 0) is 92.3 Å². The van der Waals surface area contributed by atoms with Crippen molar-refractivity contribution < 1.29 is 9.13 Å². The van der Waals surface area contributed by atoms with Crippen LogP contribution >= 0.6 is 0 Å². The minimum absolute atomic E-state index is 0.242. The Hall–Kier alpha value is -3.71. The zero-order valence-electron chi connectivity index (χ0n) is 19.3. The van der Waals surface area contributed by atoms with E-state index in [0.29, 0.717) is 39.5 Å². The van der Waals surface area contributed by atoms with Gasteiger partial charge in [0.15, 0.2) is 0 Å². The molecule has 0 bridgehead atoms. The zero-order chi connectivity index (χ0) is 23.7. The number of aromatic nitrogens is 2. The van der Waals surface area contributed by atoms with Gasteiger partial charge in [0.05, 0.1) is 18.2 Å². The second-order valence-electron chi connectivity index (χ2n) is 8.80. The summed E-state index contributed by atoms with van der Waals surface area (Å²) >= 11 is 0. The third-order valence-corrected chi connectivity index (χ3v) is 6.56. The second-order valence-corrected chi connectivity index (χ2v) is 8.80. The van der Waals surface area contributed by atoms with Gasteiger partial charge < -0.3 is 19.9 Å². The molecule has 5 rings (SSSR count). The predicted octanol–water partition coefficient (Wildman–Crippen LogP) is 5.29. The SMILES string of the molecule is COc1ccc(F)cc1-c1cc2cc[nH]c(=O)c2c(Nc2ccc(C3CCN(C)CC3)cc2)n1. The molecule has 0 saturated carbocycles. The van der Waals surface area contributed by atoms with Crippen LogP contribution < -0.4 is 15.6 Å². The number of pyridine rings is 2. The number of likely N-dealkylation sites (tertiary alicyclic amines) is 1. The maximum atomic E-state index is 14.1. The van der Waals surface area contributed by atoms with Crippen LogP contribution in [0.1, 0.15) is 24.3 Å². The van der Waals surface area contributed by atoms with Gasteiger partial charge in [0.25, 0.3) is 5.56 Å². The van der Waals surface area contributed by atoms with E-state index < -0.39 is 0 Å². The number of piperidine rings is 1. The third-order valence-electron chi connectivity index (χ3n) is 6.56. The zero-order valence-corrected chi connectivity index (χ0v) is 19.3. The highest BCUT2D eigenvalue weighted by molar-refractivity contribution is 5.95. The van der Waals surface area contributed by atoms with Crippen LogP contribution in [-0.4, -0.2) is 42.1 Å². The Balaban J connectivity index is 1.53. The summed E-state index contributed by atoms with van der Waals surface area (Å²) in [5.41, 5.74) is 2.95. The normalized spacial score (nSPS) is 14.9. The van der Waals surface area contributed by atoms with Crippen molar-refractivity contribution in [2.45, 2.75) is 18.8 Å². The van der Waals surface area contributed by atoms with Crippen molar-refractivity contribution in [2.75, 3.05) is 32.6 Å². The Labute approximate surface area is 197 Å². The molecule has 174 valence electrons. The van der Waals surface area contributed by atoms with Crippen LogP contribution in [0.4, 0.5) is 15.9 Å². The average Bonchev–Trinajstić information content (AvgIpc) is 2.85. The Morgan fingerprint density at radius 2 is 1.85 bits per heavy atom. The highest BCUT2D eigenvalue weighted by atomic mass is 19.1. The first-order valence-electron chi connectivity index (χ1n) is 11.4. The maximum absolute atomic E-state index is 14.1. The number of H-pyrrole nitrogens is 1. The molecule has 2 N–H and O–H groups in total. The van der Waals surface area contributed by atoms with Crippen molar-refractivity contribution in [1.29, 1.82) is 0 Å². The van der Waals surface area contributed by atoms with Gasteiger partial charge in [-0.25, -0.2) is 9.37 Å². The number of hydrogen-bond donors (Lipinski definition) is 2. The molecule has 1 aliphatic rings. The summed E-state index contributed by atoms with van der Waals surface area (Å²) in [4.78, 5) is 22.5. The number of aromatic amines is 1. The minimum atomic E-state index is -0.386. The van der Waals surface area contributed by atoms with Crippen molar-refractivity contribution in [3.05, 3.63) is 82.5 Å². The van der Waals surface area contributed by atoms with E-state index in [1.165, 1.54) is 24.8 Å². The van der Waals surface area contributed by atoms with Gasteiger partial charge in [-0.15, -0.1) is 0 Å². The van der Waals surface area contributed by atoms with Gasteiger partial charge in [-0.1, -0.05) is 12.1 Å². The molecule has 0 unspecified atom stereocenters. The van der Waals surface area contributed by atoms with Crippen molar-refractivity contribution in [1.82, 2.24) is 14.9 Å². The molecule has 0 spiro atoms. The van der Waals surface area contributed by atoms with E-state index in [1.54, 1.807) is 18.3 Å². The summed E-state index contributed by atoms with van der Waals surface area (Å²) in [7, 11) is 3.70. The molecular formula is C27H27FN4O2. The first kappa shape index (κ1) is 22.1. The first-order valence-corrected chi connectivity index (χ1v) is 11.4. The summed E-state index contributed by atoms with van der Waals surface area (Å²) in [5.74, 6) is 1.10. The van der Waals surface area contributed by atoms with E-state index in [1.807, 2.05) is 18.2 Å². The van der Waals surface area contributed by atoms with Gasteiger partial charge in [0, 0.05) is 17.4 Å². The Bertz CT molecular complexity index is 1380. The Morgan fingerprint density at radius 1 is 1.09 bits per heavy atom. The number of benzene rings is 2. The average molecular weight is 459 g/mol. The fourth-order valence-electron chi connectivity index (χ4n) is 4.64. The van der Waals surface area contributed by atoms with Crippen LogP contribution in [0.15, 0.2) is 65.6 Å². The van der Waals surface area contributed by atoms with Crippen LogP contribution in [0, 0.1) is 5.82 Å². The number of ether oxygens (including phenoxy) is 1. The smallest absolute Gasteiger partial charge is 0.259 e. The molecule has 7 heteroatoms. The van der Waals surface area contributed by atoms with E-state index in [2.05, 4.69) is 34.4 Å². The summed E-state index contributed by atoms with van der Waals surface area (Å²) in [6.07, 6.45) is 3.90. The molecule has 6 nitrogen and oxygen atoms in total. The monoisotopic (exact) mass is 458 g/mol. The number of rotatable bonds is 5. The Kier molecular flexibility index (Phi) is 6.02. The van der Waals surface area contributed by atoms with Crippen LogP contribution in [0.3, 0.4) is 0 Å². The van der Waals surface area contributed by atoms with Gasteiger partial charge in [0.2, 0.25) is 0 Å². The second kappa shape index (κ2) is 9.27. The van der Waals surface area contributed by atoms with Gasteiger partial charge in [0.1, 0.15) is 17.4 Å². The van der Waals surface area contributed by atoms with Crippen molar-refractivity contribution in [3.8, 4) is 17.0 Å². The Morgan fingerprint density at radius 3 is 2.59 bits per heavy atom. The topological polar surface area (TPSA) is 70.2 Å². The molecular weight excluding hydrogens is 431 g/mol. The maximum Gasteiger partial charge on any atom is 0.259 e. The molecule has 0 amide bonds. The molecule has 1 saturated heterocycles. The highest BCUT2D eigenvalue weighted by Gasteiger charge is 2.19. The molecule has 34 heavy (non-hydrogen) atoms. The fraction of sp³-hybridized carbons (Fsp3) is 0.259. The van der Waals surface area contributed by atoms with Crippen LogP contribution in [0.25, 0.3) is 22.0 Å². The van der Waals surface area contributed by atoms with Crippen molar-refractivity contribution in [2.24, 2.45) is 0 Å². The van der Waals surface area contributed by atoms with Crippen molar-refractivity contribution in [3.63, 3.8) is 0 Å². The molecule has 0 atom stereocenters. The molecule has 2 aromatic carbocycles. The van der Waals surface area contributed by atoms with E-state index in [0.717, 1.165) is 31.6 Å². The molecule has 2 aromatic heterocycles. The number of methoxy groups -OCH3 is 1. The lowest BCUT2D eigenvalue weighted by molar-refractivity contribution is 0.255. The van der Waals surface area contributed by atoms with Crippen LogP contribution in [0.5, 0.6) is 5.75 Å². The number of fused-ring (bicyclic) bond motifs is 1. The number of nitrogens with zero attached hydrogens (tertiary/aromatic N) is 2. The number of anilines is 2. The van der Waals surface area contributed by atoms with Crippen LogP contribution in [0.2, 0.25) is 0 Å². The van der Waals surface area contributed by atoms with Gasteiger partial charge in [-0.3, -0.25) is 4.79 Å². The van der Waals surface area contributed by atoms with E-state index >= 15 is 0 Å². The number of nitrogens with one attached hydrogen (secondary N) is 2. The lowest BCUT2D eigenvalue weighted by atomic mass is 9.89. The molecule has 3 heterocycles. The molecule has 1 aliphatic heterocycles. The minimum Gasteiger partial charge on any atom is -0.496 e. The molecule has 0 radical (unpaired) electrons. The molecule has 0 aliphatic carbocycles. The molecule has 4 aromatic rings. The quantitative estimate of drug-likeness (QED) is 0.425. The standard InChI is InChI=1S/C27H27FN4O2/c1-32-13-10-18(11-14-32)17-3-6-21(7-4-17)30-26-25-19(9-12-29-27(25)33)15-23(31-26)22-16-20(28)5-8-24(22)34-2/h3-9,12,15-16,18H,10-11,13-14H2,1-2H3,(H,29,33)(H,30,31). The van der Waals surface area contributed by atoms with E-state index in [4.69, 9.17) is 9.72 Å². The summed E-state index contributed by atoms with van der Waals surface area (Å²) in [6.45, 7) is 2.22. The lowest BCUT2D eigenvalue weighted by Gasteiger charge is -2.29. The number of hydrogen-bond acceptors (Lipinski definition) is 5. The first-order chi connectivity index (χ1) is 16.5. The van der Waals surface area contributed by atoms with Gasteiger partial charge in [-0.2, -0.15) is 0 Å². The fourth-order valence-corrected chi connectivity index (χ4v) is 4.64.